The molecular weight excluding hydrogens is 340 g/mol. The van der Waals surface area contributed by atoms with Crippen molar-refractivity contribution >= 4 is 21.6 Å². The van der Waals surface area contributed by atoms with Crippen LogP contribution in [0.5, 0.6) is 0 Å². The number of sulfonamides is 1. The predicted molar refractivity (Wildman–Crippen MR) is 95.4 cm³/mol. The van der Waals surface area contributed by atoms with E-state index < -0.39 is 10.0 Å². The van der Waals surface area contributed by atoms with Gasteiger partial charge in [-0.05, 0) is 37.5 Å². The second kappa shape index (κ2) is 8.32. The van der Waals surface area contributed by atoms with Crippen LogP contribution in [0.25, 0.3) is 0 Å². The molecule has 8 heteroatoms. The van der Waals surface area contributed by atoms with Gasteiger partial charge in [-0.3, -0.25) is 4.79 Å². The highest BCUT2D eigenvalue weighted by atomic mass is 32.2. The number of nitrogens with one attached hydrogen (secondary N) is 1. The summed E-state index contributed by atoms with van der Waals surface area (Å²) in [6.45, 7) is 4.09. The minimum absolute atomic E-state index is 0.0117. The van der Waals surface area contributed by atoms with Crippen LogP contribution in [0.1, 0.15) is 38.2 Å². The Balaban J connectivity index is 2.03. The van der Waals surface area contributed by atoms with Crippen molar-refractivity contribution in [3.63, 3.8) is 0 Å². The molecule has 3 N–H and O–H groups in total. The number of nitrogens with two attached hydrogens (primary N) is 1. The average Bonchev–Trinajstić information content (AvgIpc) is 2.60. The highest BCUT2D eigenvalue weighted by Crippen LogP contribution is 2.28. The normalized spacial score (nSPS) is 15.6. The molecule has 0 unspecified atom stereocenters. The molecule has 1 aromatic rings. The van der Waals surface area contributed by atoms with Gasteiger partial charge in [-0.25, -0.2) is 13.6 Å². The van der Waals surface area contributed by atoms with Gasteiger partial charge in [0.2, 0.25) is 15.9 Å². The van der Waals surface area contributed by atoms with E-state index >= 15 is 0 Å². The molecule has 1 aliphatic rings. The molecular formula is C17H24N4O3S. The van der Waals surface area contributed by atoms with Gasteiger partial charge in [0.15, 0.2) is 0 Å². The molecule has 0 saturated carbocycles. The van der Waals surface area contributed by atoms with E-state index in [4.69, 9.17) is 5.14 Å². The molecule has 25 heavy (non-hydrogen) atoms. The molecule has 0 bridgehead atoms. The molecule has 1 heterocycles. The first-order valence-electron chi connectivity index (χ1n) is 8.46. The number of hydrogen-bond acceptors (Lipinski definition) is 5. The van der Waals surface area contributed by atoms with Gasteiger partial charge in [-0.15, -0.1) is 0 Å². The summed E-state index contributed by atoms with van der Waals surface area (Å²) in [4.78, 5) is 14.1. The Bertz CT molecular complexity index is 763. The van der Waals surface area contributed by atoms with Gasteiger partial charge >= 0.3 is 0 Å². The molecule has 0 aliphatic carbocycles. The van der Waals surface area contributed by atoms with Crippen molar-refractivity contribution in [3.05, 3.63) is 23.8 Å². The lowest BCUT2D eigenvalue weighted by atomic mass is 9.95. The predicted octanol–water partition coefficient (Wildman–Crippen LogP) is 1.34. The zero-order chi connectivity index (χ0) is 18.4. The van der Waals surface area contributed by atoms with Crippen LogP contribution in [0.2, 0.25) is 0 Å². The lowest BCUT2D eigenvalue weighted by Gasteiger charge is -2.33. The van der Waals surface area contributed by atoms with Crippen molar-refractivity contribution < 1.29 is 13.2 Å². The molecule has 0 atom stereocenters. The second-order valence-electron chi connectivity index (χ2n) is 6.24. The molecule has 1 fully saturated rings. The number of benzene rings is 1. The maximum absolute atomic E-state index is 12.1. The third-order valence-electron chi connectivity index (χ3n) is 4.45. The van der Waals surface area contributed by atoms with Gasteiger partial charge in [-0.1, -0.05) is 13.3 Å². The van der Waals surface area contributed by atoms with E-state index in [9.17, 15) is 18.5 Å². The number of piperidine rings is 1. The van der Waals surface area contributed by atoms with Crippen molar-refractivity contribution in [1.82, 2.24) is 5.32 Å². The Morgan fingerprint density at radius 2 is 2.08 bits per heavy atom. The first-order valence-corrected chi connectivity index (χ1v) is 10.0. The molecule has 0 aromatic heterocycles. The minimum Gasteiger partial charge on any atom is -0.370 e. The monoisotopic (exact) mass is 364 g/mol. The lowest BCUT2D eigenvalue weighted by molar-refractivity contribution is -0.125. The van der Waals surface area contributed by atoms with Crippen molar-refractivity contribution in [2.45, 2.75) is 37.5 Å². The molecule has 1 saturated heterocycles. The minimum atomic E-state index is -3.84. The average molecular weight is 364 g/mol. The largest absolute Gasteiger partial charge is 0.370 e. The molecule has 0 spiro atoms. The number of hydrogen-bond donors (Lipinski definition) is 2. The summed E-state index contributed by atoms with van der Waals surface area (Å²) in [5.41, 5.74) is 0.956. The van der Waals surface area contributed by atoms with E-state index in [1.807, 2.05) is 11.0 Å². The Morgan fingerprint density at radius 3 is 2.64 bits per heavy atom. The molecule has 7 nitrogen and oxygen atoms in total. The number of unbranched alkanes of at least 4 members (excludes halogenated alkanes) is 1. The summed E-state index contributed by atoms with van der Waals surface area (Å²) in [6.07, 6.45) is 3.44. The maximum Gasteiger partial charge on any atom is 0.238 e. The zero-order valence-electron chi connectivity index (χ0n) is 14.4. The summed E-state index contributed by atoms with van der Waals surface area (Å²) in [6, 6.07) is 6.36. The van der Waals surface area contributed by atoms with Crippen LogP contribution >= 0.6 is 0 Å². The standard InChI is InChI=1S/C17H24N4O3S/c1-2-3-8-20-17(22)13-6-9-21(10-7-13)16-5-4-15(25(19,23)24)11-14(16)12-18/h4-5,11,13H,2-3,6-10H2,1H3,(H,20,22)(H2,19,23,24). The van der Waals surface area contributed by atoms with E-state index in [-0.39, 0.29) is 22.3 Å². The van der Waals surface area contributed by atoms with Crippen LogP contribution in [0.3, 0.4) is 0 Å². The molecule has 1 aromatic carbocycles. The summed E-state index contributed by atoms with van der Waals surface area (Å²) >= 11 is 0. The first kappa shape index (κ1) is 19.2. The summed E-state index contributed by atoms with van der Waals surface area (Å²) < 4.78 is 22.8. The highest BCUT2D eigenvalue weighted by molar-refractivity contribution is 7.89. The number of amides is 1. The zero-order valence-corrected chi connectivity index (χ0v) is 15.2. The van der Waals surface area contributed by atoms with Crippen molar-refractivity contribution in [2.24, 2.45) is 11.1 Å². The van der Waals surface area contributed by atoms with Gasteiger partial charge in [-0.2, -0.15) is 5.26 Å². The third-order valence-corrected chi connectivity index (χ3v) is 5.36. The lowest BCUT2D eigenvalue weighted by Crippen LogP contribution is -2.41. The molecule has 1 amide bonds. The van der Waals surface area contributed by atoms with Crippen molar-refractivity contribution in [2.75, 3.05) is 24.5 Å². The van der Waals surface area contributed by atoms with Crippen LogP contribution in [0.15, 0.2) is 23.1 Å². The third kappa shape index (κ3) is 4.94. The van der Waals surface area contributed by atoms with Gasteiger partial charge in [0.25, 0.3) is 0 Å². The van der Waals surface area contributed by atoms with E-state index in [1.165, 1.54) is 12.1 Å². The Kier molecular flexibility index (Phi) is 6.39. The summed E-state index contributed by atoms with van der Waals surface area (Å²) in [7, 11) is -3.84. The fraction of sp³-hybridized carbons (Fsp3) is 0.529. The van der Waals surface area contributed by atoms with Gasteiger partial charge in [0.1, 0.15) is 6.07 Å². The molecule has 1 aliphatic heterocycles. The smallest absolute Gasteiger partial charge is 0.238 e. The number of nitriles is 1. The maximum atomic E-state index is 12.1. The summed E-state index contributed by atoms with van der Waals surface area (Å²) in [5.74, 6) is 0.0838. The van der Waals surface area contributed by atoms with Crippen molar-refractivity contribution in [1.29, 1.82) is 5.26 Å². The van der Waals surface area contributed by atoms with Crippen LogP contribution in [0, 0.1) is 17.2 Å². The van der Waals surface area contributed by atoms with Gasteiger partial charge < -0.3 is 10.2 Å². The number of nitrogens with zero attached hydrogens (tertiary/aromatic N) is 2. The van der Waals surface area contributed by atoms with Crippen LogP contribution in [-0.2, 0) is 14.8 Å². The number of carbonyl (C=O) groups excluding carboxylic acids is 1. The van der Waals surface area contributed by atoms with E-state index in [0.717, 1.165) is 12.8 Å². The topological polar surface area (TPSA) is 116 Å². The molecule has 136 valence electrons. The van der Waals surface area contributed by atoms with E-state index in [1.54, 1.807) is 6.07 Å². The second-order valence-corrected chi connectivity index (χ2v) is 7.80. The quantitative estimate of drug-likeness (QED) is 0.739. The Morgan fingerprint density at radius 1 is 1.40 bits per heavy atom. The Labute approximate surface area is 148 Å². The number of rotatable bonds is 6. The fourth-order valence-electron chi connectivity index (χ4n) is 2.97. The van der Waals surface area contributed by atoms with E-state index in [2.05, 4.69) is 12.2 Å². The molecule has 0 radical (unpaired) electrons. The highest BCUT2D eigenvalue weighted by Gasteiger charge is 2.26. The van der Waals surface area contributed by atoms with Crippen molar-refractivity contribution in [3.8, 4) is 6.07 Å². The van der Waals surface area contributed by atoms with Crippen LogP contribution < -0.4 is 15.4 Å². The molecule has 2 rings (SSSR count). The van der Waals surface area contributed by atoms with Gasteiger partial charge in [0.05, 0.1) is 16.1 Å². The van der Waals surface area contributed by atoms with Crippen LogP contribution in [0.4, 0.5) is 5.69 Å². The first-order chi connectivity index (χ1) is 11.9. The van der Waals surface area contributed by atoms with E-state index in [0.29, 0.717) is 38.2 Å². The van der Waals surface area contributed by atoms with Crippen LogP contribution in [-0.4, -0.2) is 34.0 Å². The Hall–Kier alpha value is -2.11. The number of carbonyl (C=O) groups is 1. The fourth-order valence-corrected chi connectivity index (χ4v) is 3.51. The SMILES string of the molecule is CCCCNC(=O)C1CCN(c2ccc(S(N)(=O)=O)cc2C#N)CC1. The van der Waals surface area contributed by atoms with Gasteiger partial charge in [0, 0.05) is 25.6 Å². The number of anilines is 1. The number of primary sulfonamides is 1. The summed E-state index contributed by atoms with van der Waals surface area (Å²) in [5, 5.41) is 17.4.